The molecule has 0 N–H and O–H groups in total. The van der Waals surface area contributed by atoms with Crippen molar-refractivity contribution in [2.24, 2.45) is 0 Å². The zero-order valence-electron chi connectivity index (χ0n) is 15.8. The second-order valence-electron chi connectivity index (χ2n) is 6.47. The fourth-order valence-electron chi connectivity index (χ4n) is 3.19. The fourth-order valence-corrected chi connectivity index (χ4v) is 4.39. The summed E-state index contributed by atoms with van der Waals surface area (Å²) in [5, 5.41) is 1.33. The molecular weight excluding hydrogens is 384 g/mol. The molecule has 0 bridgehead atoms. The molecule has 0 saturated heterocycles. The quantitative estimate of drug-likeness (QED) is 0.580. The Morgan fingerprint density at radius 2 is 2.04 bits per heavy atom. The summed E-state index contributed by atoms with van der Waals surface area (Å²) in [5.41, 5.74) is 2.76. The summed E-state index contributed by atoms with van der Waals surface area (Å²) >= 11 is 7.68. The number of hydrogen-bond acceptors (Lipinski definition) is 5. The summed E-state index contributed by atoms with van der Waals surface area (Å²) in [6.45, 7) is 6.20. The molecule has 1 aromatic carbocycles. The first kappa shape index (κ1) is 19.6. The number of fused-ring (bicyclic) bond motifs is 1. The van der Waals surface area contributed by atoms with Gasteiger partial charge in [0.15, 0.2) is 0 Å². The molecule has 3 aromatic rings. The predicted octanol–water partition coefficient (Wildman–Crippen LogP) is 4.66. The van der Waals surface area contributed by atoms with Gasteiger partial charge in [0.1, 0.15) is 10.7 Å². The standard InChI is InChI=1S/C20H21ClN2O3S/c1-11-10-14(7-8-15(11)21)17-12(2)27-19-18(17)20(25)23(13(3)22-19)9-5-6-16(24)26-4/h7-8,10H,5-6,9H2,1-4H3. The van der Waals surface area contributed by atoms with Crippen LogP contribution in [0.15, 0.2) is 23.0 Å². The van der Waals surface area contributed by atoms with Crippen LogP contribution in [0, 0.1) is 20.8 Å². The zero-order valence-corrected chi connectivity index (χ0v) is 17.3. The van der Waals surface area contributed by atoms with E-state index in [4.69, 9.17) is 11.6 Å². The predicted molar refractivity (Wildman–Crippen MR) is 110 cm³/mol. The van der Waals surface area contributed by atoms with Gasteiger partial charge in [0, 0.05) is 28.4 Å². The summed E-state index contributed by atoms with van der Waals surface area (Å²) in [5.74, 6) is 0.371. The Bertz CT molecular complexity index is 1090. The molecule has 27 heavy (non-hydrogen) atoms. The molecule has 0 atom stereocenters. The minimum absolute atomic E-state index is 0.0747. The Kier molecular flexibility index (Phi) is 5.67. The zero-order chi connectivity index (χ0) is 19.7. The van der Waals surface area contributed by atoms with Crippen molar-refractivity contribution in [3.63, 3.8) is 0 Å². The molecule has 0 aliphatic rings. The maximum absolute atomic E-state index is 13.2. The van der Waals surface area contributed by atoms with Crippen molar-refractivity contribution < 1.29 is 9.53 Å². The fraction of sp³-hybridized carbons (Fsp3) is 0.350. The van der Waals surface area contributed by atoms with Gasteiger partial charge in [0.25, 0.3) is 5.56 Å². The van der Waals surface area contributed by atoms with E-state index < -0.39 is 0 Å². The first-order chi connectivity index (χ1) is 12.8. The second kappa shape index (κ2) is 7.82. The molecule has 7 heteroatoms. The maximum Gasteiger partial charge on any atom is 0.305 e. The molecule has 0 radical (unpaired) electrons. The van der Waals surface area contributed by atoms with Crippen molar-refractivity contribution in [3.8, 4) is 11.1 Å². The Morgan fingerprint density at radius 1 is 1.30 bits per heavy atom. The Hall–Kier alpha value is -2.18. The largest absolute Gasteiger partial charge is 0.469 e. The van der Waals surface area contributed by atoms with Gasteiger partial charge in [-0.3, -0.25) is 14.2 Å². The molecule has 0 spiro atoms. The number of carbonyl (C=O) groups excluding carboxylic acids is 1. The van der Waals surface area contributed by atoms with E-state index in [0.29, 0.717) is 29.2 Å². The molecule has 0 amide bonds. The average molecular weight is 405 g/mol. The van der Waals surface area contributed by atoms with E-state index in [1.807, 2.05) is 39.0 Å². The maximum atomic E-state index is 13.2. The Labute approximate surface area is 166 Å². The van der Waals surface area contributed by atoms with E-state index in [-0.39, 0.29) is 17.9 Å². The topological polar surface area (TPSA) is 61.2 Å². The first-order valence-corrected chi connectivity index (χ1v) is 9.86. The molecule has 2 aromatic heterocycles. The number of methoxy groups -OCH3 is 1. The van der Waals surface area contributed by atoms with Gasteiger partial charge in [-0.2, -0.15) is 0 Å². The van der Waals surface area contributed by atoms with E-state index >= 15 is 0 Å². The molecule has 2 heterocycles. The number of hydrogen-bond donors (Lipinski definition) is 0. The van der Waals surface area contributed by atoms with Gasteiger partial charge in [-0.15, -0.1) is 11.3 Å². The number of nitrogens with zero attached hydrogens (tertiary/aromatic N) is 2. The lowest BCUT2D eigenvalue weighted by Gasteiger charge is -2.10. The third-order valence-electron chi connectivity index (χ3n) is 4.62. The van der Waals surface area contributed by atoms with Gasteiger partial charge in [-0.1, -0.05) is 17.7 Å². The highest BCUT2D eigenvalue weighted by Gasteiger charge is 2.19. The van der Waals surface area contributed by atoms with Crippen LogP contribution < -0.4 is 5.56 Å². The normalized spacial score (nSPS) is 11.1. The van der Waals surface area contributed by atoms with Gasteiger partial charge in [-0.25, -0.2) is 4.98 Å². The summed E-state index contributed by atoms with van der Waals surface area (Å²) in [6.07, 6.45) is 0.797. The van der Waals surface area contributed by atoms with Gasteiger partial charge in [-0.05, 0) is 50.5 Å². The third-order valence-corrected chi connectivity index (χ3v) is 6.04. The van der Waals surface area contributed by atoms with Crippen LogP contribution in [0.1, 0.15) is 29.1 Å². The number of thiophene rings is 1. The Balaban J connectivity index is 2.11. The molecule has 0 aliphatic heterocycles. The van der Waals surface area contributed by atoms with Crippen LogP contribution in [0.4, 0.5) is 0 Å². The molecule has 5 nitrogen and oxygen atoms in total. The number of aromatic nitrogens is 2. The van der Waals surface area contributed by atoms with Crippen molar-refractivity contribution >= 4 is 39.1 Å². The highest BCUT2D eigenvalue weighted by Crippen LogP contribution is 2.37. The van der Waals surface area contributed by atoms with Gasteiger partial charge in [0.2, 0.25) is 0 Å². The van der Waals surface area contributed by atoms with E-state index in [1.54, 1.807) is 4.57 Å². The van der Waals surface area contributed by atoms with Crippen molar-refractivity contribution in [1.82, 2.24) is 9.55 Å². The minimum Gasteiger partial charge on any atom is -0.469 e. The lowest BCUT2D eigenvalue weighted by Crippen LogP contribution is -2.24. The first-order valence-electron chi connectivity index (χ1n) is 8.67. The molecule has 0 fully saturated rings. The third kappa shape index (κ3) is 3.77. The smallest absolute Gasteiger partial charge is 0.305 e. The molecule has 0 saturated carbocycles. The van der Waals surface area contributed by atoms with E-state index in [0.717, 1.165) is 26.4 Å². The van der Waals surface area contributed by atoms with Crippen LogP contribution in [-0.4, -0.2) is 22.6 Å². The number of benzene rings is 1. The van der Waals surface area contributed by atoms with Crippen molar-refractivity contribution in [2.45, 2.75) is 40.2 Å². The highest BCUT2D eigenvalue weighted by atomic mass is 35.5. The molecule has 0 unspecified atom stereocenters. The van der Waals surface area contributed by atoms with Gasteiger partial charge >= 0.3 is 5.97 Å². The average Bonchev–Trinajstić information content (AvgIpc) is 2.95. The molecule has 142 valence electrons. The lowest BCUT2D eigenvalue weighted by atomic mass is 10.0. The lowest BCUT2D eigenvalue weighted by molar-refractivity contribution is -0.140. The monoisotopic (exact) mass is 404 g/mol. The van der Waals surface area contributed by atoms with E-state index in [9.17, 15) is 9.59 Å². The summed E-state index contributed by atoms with van der Waals surface area (Å²) in [4.78, 5) is 31.0. The molecule has 0 aliphatic carbocycles. The number of esters is 1. The van der Waals surface area contributed by atoms with Crippen LogP contribution in [0.3, 0.4) is 0 Å². The summed E-state index contributed by atoms with van der Waals surface area (Å²) in [6, 6.07) is 5.79. The summed E-state index contributed by atoms with van der Waals surface area (Å²) in [7, 11) is 1.36. The Morgan fingerprint density at radius 3 is 2.70 bits per heavy atom. The van der Waals surface area contributed by atoms with Crippen LogP contribution in [0.5, 0.6) is 0 Å². The number of rotatable bonds is 5. The number of aryl methyl sites for hydroxylation is 3. The van der Waals surface area contributed by atoms with Crippen LogP contribution in [0.2, 0.25) is 5.02 Å². The number of ether oxygens (including phenoxy) is 1. The molecule has 3 rings (SSSR count). The minimum atomic E-state index is -0.279. The van der Waals surface area contributed by atoms with E-state index in [2.05, 4.69) is 9.72 Å². The van der Waals surface area contributed by atoms with Crippen LogP contribution >= 0.6 is 22.9 Å². The summed E-state index contributed by atoms with van der Waals surface area (Å²) < 4.78 is 6.31. The number of halogens is 1. The second-order valence-corrected chi connectivity index (χ2v) is 8.08. The van der Waals surface area contributed by atoms with Crippen molar-refractivity contribution in [1.29, 1.82) is 0 Å². The SMILES string of the molecule is COC(=O)CCCn1c(C)nc2sc(C)c(-c3ccc(Cl)c(C)c3)c2c1=O. The van der Waals surface area contributed by atoms with Gasteiger partial charge < -0.3 is 4.74 Å². The van der Waals surface area contributed by atoms with Gasteiger partial charge in [0.05, 0.1) is 12.5 Å². The van der Waals surface area contributed by atoms with Crippen LogP contribution in [-0.2, 0) is 16.1 Å². The van der Waals surface area contributed by atoms with E-state index in [1.165, 1.54) is 18.4 Å². The highest BCUT2D eigenvalue weighted by molar-refractivity contribution is 7.19. The van der Waals surface area contributed by atoms with Crippen LogP contribution in [0.25, 0.3) is 21.3 Å². The van der Waals surface area contributed by atoms with Crippen molar-refractivity contribution in [2.75, 3.05) is 7.11 Å². The number of carbonyl (C=O) groups is 1. The molecular formula is C20H21ClN2O3S. The van der Waals surface area contributed by atoms with Crippen molar-refractivity contribution in [3.05, 3.63) is 49.8 Å².